The van der Waals surface area contributed by atoms with Crippen LogP contribution in [0.5, 0.6) is 0 Å². The highest BCUT2D eigenvalue weighted by Gasteiger charge is 2.22. The number of anilines is 1. The third kappa shape index (κ3) is 5.15. The fourth-order valence-electron chi connectivity index (χ4n) is 3.06. The van der Waals surface area contributed by atoms with E-state index in [0.717, 1.165) is 34.2 Å². The number of ether oxygens (including phenoxy) is 1. The molecule has 0 aliphatic carbocycles. The van der Waals surface area contributed by atoms with Crippen molar-refractivity contribution >= 4 is 23.2 Å². The lowest BCUT2D eigenvalue weighted by Crippen LogP contribution is -2.49. The summed E-state index contributed by atoms with van der Waals surface area (Å²) < 4.78 is 5.50. The normalized spacial score (nSPS) is 13.5. The van der Waals surface area contributed by atoms with Crippen LogP contribution in [0, 0.1) is 11.8 Å². The summed E-state index contributed by atoms with van der Waals surface area (Å²) in [7, 11) is 0. The molecule has 1 aromatic carbocycles. The summed E-state index contributed by atoms with van der Waals surface area (Å²) in [4.78, 5) is 22.6. The molecule has 0 unspecified atom stereocenters. The second-order valence-corrected chi connectivity index (χ2v) is 7.77. The number of benzene rings is 1. The third-order valence-corrected chi connectivity index (χ3v) is 5.59. The Morgan fingerprint density at radius 1 is 0.966 bits per heavy atom. The Kier molecular flexibility index (Phi) is 6.08. The monoisotopic (exact) mass is 403 g/mol. The number of thiophene rings is 1. The molecule has 0 saturated carbocycles. The van der Waals surface area contributed by atoms with Crippen molar-refractivity contribution in [2.45, 2.75) is 6.61 Å². The second-order valence-electron chi connectivity index (χ2n) is 6.60. The molecular weight excluding hydrogens is 382 g/mol. The van der Waals surface area contributed by atoms with Crippen molar-refractivity contribution < 1.29 is 9.53 Å². The highest BCUT2D eigenvalue weighted by molar-refractivity contribution is 7.12. The maximum Gasteiger partial charge on any atom is 0.410 e. The van der Waals surface area contributed by atoms with Gasteiger partial charge in [0, 0.05) is 42.8 Å². The van der Waals surface area contributed by atoms with Crippen LogP contribution in [0.3, 0.4) is 0 Å². The first-order valence-corrected chi connectivity index (χ1v) is 10.3. The average molecular weight is 404 g/mol. The minimum absolute atomic E-state index is 0.268. The van der Waals surface area contributed by atoms with Crippen LogP contribution >= 0.6 is 11.3 Å². The third-order valence-electron chi connectivity index (χ3n) is 4.61. The molecule has 4 rings (SSSR count). The lowest BCUT2D eigenvalue weighted by molar-refractivity contribution is 0.0950. The number of hydrogen-bond donors (Lipinski definition) is 0. The molecule has 1 fully saturated rings. The fourth-order valence-corrected chi connectivity index (χ4v) is 3.84. The van der Waals surface area contributed by atoms with Gasteiger partial charge >= 0.3 is 6.09 Å². The van der Waals surface area contributed by atoms with Crippen LogP contribution in [0.15, 0.2) is 66.9 Å². The first-order valence-electron chi connectivity index (χ1n) is 9.51. The zero-order chi connectivity index (χ0) is 19.9. The number of aromatic nitrogens is 1. The van der Waals surface area contributed by atoms with Crippen LogP contribution in [0.4, 0.5) is 10.6 Å². The number of nitrogens with zero attached hydrogens (tertiary/aromatic N) is 3. The predicted octanol–water partition coefficient (Wildman–Crippen LogP) is 4.00. The van der Waals surface area contributed by atoms with E-state index in [4.69, 9.17) is 4.74 Å². The fraction of sp³-hybridized carbons (Fsp3) is 0.217. The summed E-state index contributed by atoms with van der Waals surface area (Å²) in [5.74, 6) is 7.25. The van der Waals surface area contributed by atoms with Gasteiger partial charge in [0.2, 0.25) is 0 Å². The Morgan fingerprint density at radius 3 is 2.52 bits per heavy atom. The van der Waals surface area contributed by atoms with Crippen molar-refractivity contribution in [2.24, 2.45) is 0 Å². The average Bonchev–Trinajstić information content (AvgIpc) is 3.25. The number of carbonyl (C=O) groups is 1. The van der Waals surface area contributed by atoms with Gasteiger partial charge in [-0.25, -0.2) is 9.78 Å². The minimum Gasteiger partial charge on any atom is -0.444 e. The van der Waals surface area contributed by atoms with Gasteiger partial charge in [0.05, 0.1) is 4.88 Å². The topological polar surface area (TPSA) is 45.7 Å². The Hall–Kier alpha value is -3.30. The van der Waals surface area contributed by atoms with E-state index in [9.17, 15) is 4.79 Å². The first-order chi connectivity index (χ1) is 14.3. The molecule has 3 heterocycles. The maximum atomic E-state index is 12.4. The number of amides is 1. The molecule has 0 radical (unpaired) electrons. The van der Waals surface area contributed by atoms with Crippen molar-refractivity contribution in [2.75, 3.05) is 31.1 Å². The van der Waals surface area contributed by atoms with Crippen molar-refractivity contribution in [1.82, 2.24) is 9.88 Å². The van der Waals surface area contributed by atoms with Crippen LogP contribution < -0.4 is 4.90 Å². The van der Waals surface area contributed by atoms with E-state index in [1.807, 2.05) is 60.7 Å². The van der Waals surface area contributed by atoms with Gasteiger partial charge in [-0.3, -0.25) is 0 Å². The van der Waals surface area contributed by atoms with E-state index >= 15 is 0 Å². The minimum atomic E-state index is -0.268. The smallest absolute Gasteiger partial charge is 0.410 e. The van der Waals surface area contributed by atoms with Gasteiger partial charge in [0.25, 0.3) is 0 Å². The molecule has 1 saturated heterocycles. The Morgan fingerprint density at radius 2 is 1.76 bits per heavy atom. The van der Waals surface area contributed by atoms with E-state index in [-0.39, 0.29) is 12.7 Å². The Balaban J connectivity index is 1.25. The Labute approximate surface area is 174 Å². The van der Waals surface area contributed by atoms with Crippen LogP contribution in [-0.2, 0) is 11.3 Å². The molecule has 3 aromatic rings. The van der Waals surface area contributed by atoms with Crippen molar-refractivity contribution in [3.05, 3.63) is 82.2 Å². The van der Waals surface area contributed by atoms with Crippen LogP contribution in [0.25, 0.3) is 0 Å². The maximum absolute atomic E-state index is 12.4. The molecule has 0 atom stereocenters. The molecule has 1 aliphatic heterocycles. The van der Waals surface area contributed by atoms with Gasteiger partial charge in [-0.05, 0) is 36.4 Å². The quantitative estimate of drug-likeness (QED) is 0.620. The lowest BCUT2D eigenvalue weighted by atomic mass is 10.2. The number of hydrogen-bond acceptors (Lipinski definition) is 5. The summed E-state index contributed by atoms with van der Waals surface area (Å²) in [6.45, 7) is 3.05. The number of carbonyl (C=O) groups excluding carboxylic acids is 1. The zero-order valence-corrected chi connectivity index (χ0v) is 16.8. The van der Waals surface area contributed by atoms with Crippen LogP contribution in [0.1, 0.15) is 15.3 Å². The van der Waals surface area contributed by atoms with Gasteiger partial charge in [-0.2, -0.15) is 0 Å². The molecule has 2 aromatic heterocycles. The molecule has 29 heavy (non-hydrogen) atoms. The number of rotatable bonds is 3. The predicted molar refractivity (Wildman–Crippen MR) is 115 cm³/mol. The highest BCUT2D eigenvalue weighted by atomic mass is 32.1. The zero-order valence-electron chi connectivity index (χ0n) is 16.0. The van der Waals surface area contributed by atoms with Gasteiger partial charge < -0.3 is 14.5 Å². The molecule has 0 spiro atoms. The Bertz CT molecular complexity index is 1000. The highest BCUT2D eigenvalue weighted by Crippen LogP contribution is 2.18. The van der Waals surface area contributed by atoms with E-state index in [1.165, 1.54) is 0 Å². The summed E-state index contributed by atoms with van der Waals surface area (Å²) in [6.07, 6.45) is 1.52. The molecule has 0 N–H and O–H groups in total. The van der Waals surface area contributed by atoms with E-state index in [1.54, 1.807) is 22.4 Å². The van der Waals surface area contributed by atoms with Crippen molar-refractivity contribution in [3.63, 3.8) is 0 Å². The van der Waals surface area contributed by atoms with Gasteiger partial charge in [-0.15, -0.1) is 11.3 Å². The van der Waals surface area contributed by atoms with Gasteiger partial charge in [-0.1, -0.05) is 36.1 Å². The second kappa shape index (κ2) is 9.26. The molecule has 146 valence electrons. The molecule has 0 bridgehead atoms. The molecule has 5 nitrogen and oxygen atoms in total. The SMILES string of the molecule is O=C(OCc1ccc(C#Cc2ccccc2)s1)N1CCN(c2ccccn2)CC1. The summed E-state index contributed by atoms with van der Waals surface area (Å²) in [6, 6.07) is 19.7. The summed E-state index contributed by atoms with van der Waals surface area (Å²) >= 11 is 1.55. The molecular formula is C23H21N3O2S. The molecule has 1 amide bonds. The first kappa shape index (κ1) is 19.0. The van der Waals surface area contributed by atoms with Crippen molar-refractivity contribution in [3.8, 4) is 11.8 Å². The van der Waals surface area contributed by atoms with E-state index < -0.39 is 0 Å². The summed E-state index contributed by atoms with van der Waals surface area (Å²) in [5.41, 5.74) is 0.985. The van der Waals surface area contributed by atoms with E-state index in [0.29, 0.717) is 13.1 Å². The molecule has 1 aliphatic rings. The summed E-state index contributed by atoms with van der Waals surface area (Å²) in [5, 5.41) is 0. The van der Waals surface area contributed by atoms with Gasteiger partial charge in [0.1, 0.15) is 12.4 Å². The van der Waals surface area contributed by atoms with Crippen molar-refractivity contribution in [1.29, 1.82) is 0 Å². The van der Waals surface area contributed by atoms with E-state index in [2.05, 4.69) is 21.7 Å². The molecule has 6 heteroatoms. The van der Waals surface area contributed by atoms with Crippen LogP contribution in [-0.4, -0.2) is 42.2 Å². The standard InChI is InChI=1S/C23H21N3O2S/c27-23(26-16-14-25(15-17-26)22-8-4-5-13-24-22)28-18-21-12-11-20(29-21)10-9-19-6-2-1-3-7-19/h1-8,11-13H,14-18H2. The number of piperazine rings is 1. The van der Waals surface area contributed by atoms with Crippen LogP contribution in [0.2, 0.25) is 0 Å². The lowest BCUT2D eigenvalue weighted by Gasteiger charge is -2.34. The number of pyridine rings is 1. The van der Waals surface area contributed by atoms with Gasteiger partial charge in [0.15, 0.2) is 0 Å². The largest absolute Gasteiger partial charge is 0.444 e.